The van der Waals surface area contributed by atoms with Gasteiger partial charge in [-0.3, -0.25) is 9.59 Å². The molecule has 0 fully saturated rings. The Morgan fingerprint density at radius 2 is 1.83 bits per heavy atom. The first kappa shape index (κ1) is 23.4. The quantitative estimate of drug-likeness (QED) is 0.508. The molecule has 0 saturated carbocycles. The highest BCUT2D eigenvalue weighted by atomic mass is 19.4. The fraction of sp³-hybridized carbons (Fsp3) is 0.476. The lowest BCUT2D eigenvalue weighted by atomic mass is 9.89. The normalized spacial score (nSPS) is 13.7. The summed E-state index contributed by atoms with van der Waals surface area (Å²) >= 11 is 0. The Labute approximate surface area is 172 Å². The van der Waals surface area contributed by atoms with E-state index < -0.39 is 18.1 Å². The van der Waals surface area contributed by atoms with Crippen LogP contribution in [0, 0.1) is 13.8 Å². The summed E-state index contributed by atoms with van der Waals surface area (Å²) in [7, 11) is 2.29. The second-order valence-electron chi connectivity index (χ2n) is 7.20. The highest BCUT2D eigenvalue weighted by Gasteiger charge is 2.44. The van der Waals surface area contributed by atoms with Crippen molar-refractivity contribution in [2.24, 2.45) is 0 Å². The van der Waals surface area contributed by atoms with E-state index in [9.17, 15) is 27.6 Å². The third-order valence-electron chi connectivity index (χ3n) is 5.33. The molecule has 0 atom stereocenters. The minimum atomic E-state index is -5.09. The maximum atomic E-state index is 13.1. The van der Waals surface area contributed by atoms with Gasteiger partial charge in [-0.2, -0.15) is 13.2 Å². The van der Waals surface area contributed by atoms with Gasteiger partial charge in [-0.15, -0.1) is 0 Å². The molecule has 1 heterocycles. The van der Waals surface area contributed by atoms with E-state index in [0.29, 0.717) is 28.0 Å². The molecule has 164 valence electrons. The van der Waals surface area contributed by atoms with Gasteiger partial charge in [0.05, 0.1) is 18.4 Å². The van der Waals surface area contributed by atoms with Crippen LogP contribution in [-0.4, -0.2) is 38.2 Å². The van der Waals surface area contributed by atoms with E-state index in [1.807, 2.05) is 0 Å². The molecule has 1 amide bonds. The molecule has 1 aromatic rings. The Bertz CT molecular complexity index is 918. The molecule has 30 heavy (non-hydrogen) atoms. The highest BCUT2D eigenvalue weighted by molar-refractivity contribution is 6.07. The van der Waals surface area contributed by atoms with Crippen LogP contribution in [0.15, 0.2) is 11.6 Å². The van der Waals surface area contributed by atoms with E-state index in [4.69, 9.17) is 4.74 Å². The van der Waals surface area contributed by atoms with Crippen LogP contribution < -0.4 is 4.90 Å². The van der Waals surface area contributed by atoms with Gasteiger partial charge in [0.15, 0.2) is 0 Å². The molecule has 0 saturated heterocycles. The lowest BCUT2D eigenvalue weighted by molar-refractivity contribution is -0.170. The minimum Gasteiger partial charge on any atom is -0.469 e. The number of allylic oxidation sites excluding steroid dienone is 2. The zero-order valence-corrected chi connectivity index (χ0v) is 17.5. The Morgan fingerprint density at radius 1 is 1.20 bits per heavy atom. The van der Waals surface area contributed by atoms with E-state index in [-0.39, 0.29) is 36.7 Å². The number of cyclic esters (lactones) is 1. The summed E-state index contributed by atoms with van der Waals surface area (Å²) in [6.07, 6.45) is -2.54. The zero-order chi connectivity index (χ0) is 22.8. The third kappa shape index (κ3) is 4.66. The molecule has 2 rings (SSSR count). The lowest BCUT2D eigenvalue weighted by Gasteiger charge is -2.26. The summed E-state index contributed by atoms with van der Waals surface area (Å²) in [4.78, 5) is 36.1. The number of amides is 1. The monoisotopic (exact) mass is 427 g/mol. The highest BCUT2D eigenvalue weighted by Crippen LogP contribution is 2.40. The van der Waals surface area contributed by atoms with E-state index in [1.165, 1.54) is 7.11 Å². The molecule has 1 aromatic carbocycles. The number of esters is 2. The molecule has 0 N–H and O–H groups in total. The van der Waals surface area contributed by atoms with Gasteiger partial charge in [0.25, 0.3) is 0 Å². The fourth-order valence-electron chi connectivity index (χ4n) is 3.41. The van der Waals surface area contributed by atoms with Crippen LogP contribution >= 0.6 is 0 Å². The first-order valence-electron chi connectivity index (χ1n) is 9.29. The summed E-state index contributed by atoms with van der Waals surface area (Å²) in [5.74, 6) is -3.19. The number of ether oxygens (including phenoxy) is 2. The minimum absolute atomic E-state index is 0.00573. The SMILES string of the molecule is COC(=O)CCC(C)=CCc1c(C)c(C)c2c(c1N(C)C(=O)C(F)(F)F)C(=O)OC2. The number of carbonyl (C=O) groups excluding carboxylic acids is 3. The average Bonchev–Trinajstić information content (AvgIpc) is 3.07. The van der Waals surface area contributed by atoms with Crippen LogP contribution in [0.4, 0.5) is 18.9 Å². The lowest BCUT2D eigenvalue weighted by Crippen LogP contribution is -2.40. The number of hydrogen-bond acceptors (Lipinski definition) is 5. The van der Waals surface area contributed by atoms with Crippen LogP contribution in [0.3, 0.4) is 0 Å². The maximum absolute atomic E-state index is 13.1. The molecule has 0 aromatic heterocycles. The number of hydrogen-bond donors (Lipinski definition) is 0. The third-order valence-corrected chi connectivity index (χ3v) is 5.33. The Kier molecular flexibility index (Phi) is 6.95. The van der Waals surface area contributed by atoms with Gasteiger partial charge in [-0.25, -0.2) is 4.79 Å². The van der Waals surface area contributed by atoms with Gasteiger partial charge in [0, 0.05) is 19.0 Å². The number of halogens is 3. The van der Waals surface area contributed by atoms with Crippen LogP contribution in [0.5, 0.6) is 0 Å². The topological polar surface area (TPSA) is 72.9 Å². The van der Waals surface area contributed by atoms with Gasteiger partial charge in [-0.05, 0) is 50.3 Å². The largest absolute Gasteiger partial charge is 0.471 e. The number of nitrogens with zero attached hydrogens (tertiary/aromatic N) is 1. The predicted octanol–water partition coefficient (Wildman–Crippen LogP) is 3.94. The van der Waals surface area contributed by atoms with Crippen LogP contribution in [0.2, 0.25) is 0 Å². The summed E-state index contributed by atoms with van der Waals surface area (Å²) in [5.41, 5.74) is 3.08. The molecular weight excluding hydrogens is 403 g/mol. The van der Waals surface area contributed by atoms with Crippen LogP contribution in [0.25, 0.3) is 0 Å². The van der Waals surface area contributed by atoms with Crippen LogP contribution in [0.1, 0.15) is 52.4 Å². The van der Waals surface area contributed by atoms with Crippen molar-refractivity contribution in [1.82, 2.24) is 0 Å². The van der Waals surface area contributed by atoms with E-state index >= 15 is 0 Å². The molecule has 6 nitrogen and oxygen atoms in total. The predicted molar refractivity (Wildman–Crippen MR) is 103 cm³/mol. The standard InChI is InChI=1S/C21H24F3NO5/c1-11(7-9-16(26)29-5)6-8-14-12(2)13(3)15-10-30-19(27)17(15)18(14)25(4)20(28)21(22,23)24/h6H,7-10H2,1-5H3. The van der Waals surface area contributed by atoms with Crippen LogP contribution in [-0.2, 0) is 32.1 Å². The van der Waals surface area contributed by atoms with Crippen molar-refractivity contribution in [3.63, 3.8) is 0 Å². The number of methoxy groups -OCH3 is 1. The van der Waals surface area contributed by atoms with Gasteiger partial charge in [-0.1, -0.05) is 11.6 Å². The molecule has 0 aliphatic carbocycles. The number of carbonyl (C=O) groups is 3. The summed E-state index contributed by atoms with van der Waals surface area (Å²) < 4.78 is 49.0. The summed E-state index contributed by atoms with van der Waals surface area (Å²) in [5, 5.41) is 0. The van der Waals surface area contributed by atoms with Gasteiger partial charge < -0.3 is 14.4 Å². The Balaban J connectivity index is 2.55. The summed E-state index contributed by atoms with van der Waals surface area (Å²) in [6.45, 7) is 5.25. The number of anilines is 1. The first-order valence-corrected chi connectivity index (χ1v) is 9.29. The Morgan fingerprint density at radius 3 is 2.40 bits per heavy atom. The van der Waals surface area contributed by atoms with Crippen molar-refractivity contribution in [2.45, 2.75) is 52.8 Å². The fourth-order valence-corrected chi connectivity index (χ4v) is 3.41. The first-order chi connectivity index (χ1) is 13.9. The summed E-state index contributed by atoms with van der Waals surface area (Å²) in [6, 6.07) is 0. The van der Waals surface area contributed by atoms with E-state index in [0.717, 1.165) is 18.2 Å². The van der Waals surface area contributed by atoms with Crippen molar-refractivity contribution < 1.29 is 37.0 Å². The molecular formula is C21H24F3NO5. The van der Waals surface area contributed by atoms with Crippen molar-refractivity contribution in [1.29, 1.82) is 0 Å². The smallest absolute Gasteiger partial charge is 0.469 e. The van der Waals surface area contributed by atoms with Gasteiger partial charge in [0.1, 0.15) is 6.61 Å². The molecule has 9 heteroatoms. The van der Waals surface area contributed by atoms with Crippen molar-refractivity contribution in [2.75, 3.05) is 19.1 Å². The Hall–Kier alpha value is -2.84. The average molecular weight is 427 g/mol. The van der Waals surface area contributed by atoms with Crippen molar-refractivity contribution in [3.8, 4) is 0 Å². The molecule has 1 aliphatic heterocycles. The van der Waals surface area contributed by atoms with Gasteiger partial charge in [0.2, 0.25) is 0 Å². The number of alkyl halides is 3. The molecule has 1 aliphatic rings. The molecule has 0 bridgehead atoms. The van der Waals surface area contributed by atoms with Gasteiger partial charge >= 0.3 is 24.0 Å². The maximum Gasteiger partial charge on any atom is 0.471 e. The second kappa shape index (κ2) is 8.89. The van der Waals surface area contributed by atoms with E-state index in [2.05, 4.69) is 4.74 Å². The molecule has 0 unspecified atom stereocenters. The van der Waals surface area contributed by atoms with Crippen molar-refractivity contribution in [3.05, 3.63) is 39.5 Å². The number of benzene rings is 1. The number of fused-ring (bicyclic) bond motifs is 1. The molecule has 0 radical (unpaired) electrons. The zero-order valence-electron chi connectivity index (χ0n) is 17.5. The van der Waals surface area contributed by atoms with Crippen molar-refractivity contribution >= 4 is 23.5 Å². The number of rotatable bonds is 6. The molecule has 0 spiro atoms. The second-order valence-corrected chi connectivity index (χ2v) is 7.20. The van der Waals surface area contributed by atoms with E-state index in [1.54, 1.807) is 26.8 Å².